The number of carbonyl (C=O) groups is 3. The molecule has 8 heteroatoms. The normalized spacial score (nSPS) is 24.0. The van der Waals surface area contributed by atoms with Gasteiger partial charge in [-0.3, -0.25) is 14.4 Å². The molecule has 3 amide bonds. The second-order valence-electron chi connectivity index (χ2n) is 5.98. The number of rotatable bonds is 4. The van der Waals surface area contributed by atoms with E-state index in [0.717, 1.165) is 18.4 Å². The Morgan fingerprint density at radius 1 is 1.30 bits per heavy atom. The molecule has 2 atom stereocenters. The third kappa shape index (κ3) is 3.53. The lowest BCUT2D eigenvalue weighted by Gasteiger charge is -2.26. The van der Waals surface area contributed by atoms with Crippen LogP contribution in [0.25, 0.3) is 0 Å². The molecule has 7 nitrogen and oxygen atoms in total. The molecule has 0 radical (unpaired) electrons. The summed E-state index contributed by atoms with van der Waals surface area (Å²) < 4.78 is 0. The molecular formula is C15H19N3O4S. The number of amides is 3. The van der Waals surface area contributed by atoms with Gasteiger partial charge in [0.15, 0.2) is 0 Å². The van der Waals surface area contributed by atoms with Gasteiger partial charge in [-0.1, -0.05) is 0 Å². The number of nitrogens with one attached hydrogen (secondary N) is 3. The van der Waals surface area contributed by atoms with E-state index in [0.29, 0.717) is 29.3 Å². The Morgan fingerprint density at radius 2 is 2.04 bits per heavy atom. The number of anilines is 1. The highest BCUT2D eigenvalue weighted by atomic mass is 32.1. The van der Waals surface area contributed by atoms with Gasteiger partial charge in [-0.05, 0) is 42.5 Å². The Bertz CT molecular complexity index is 653. The first-order chi connectivity index (χ1) is 11.0. The zero-order valence-electron chi connectivity index (χ0n) is 12.7. The predicted octanol–water partition coefficient (Wildman–Crippen LogP) is 0.911. The first kappa shape index (κ1) is 15.9. The van der Waals surface area contributed by atoms with Gasteiger partial charge < -0.3 is 21.1 Å². The van der Waals surface area contributed by atoms with E-state index < -0.39 is 12.3 Å². The van der Waals surface area contributed by atoms with E-state index in [1.165, 1.54) is 18.3 Å². The second kappa shape index (κ2) is 6.29. The van der Waals surface area contributed by atoms with E-state index in [1.807, 2.05) is 5.38 Å². The van der Waals surface area contributed by atoms with Crippen molar-refractivity contribution in [3.63, 3.8) is 0 Å². The summed E-state index contributed by atoms with van der Waals surface area (Å²) in [6.45, 7) is 1.40. The van der Waals surface area contributed by atoms with Crippen molar-refractivity contribution in [3.8, 4) is 0 Å². The van der Waals surface area contributed by atoms with Crippen molar-refractivity contribution in [2.24, 2.45) is 0 Å². The van der Waals surface area contributed by atoms with Crippen LogP contribution in [0.4, 0.5) is 5.00 Å². The number of carbonyl (C=O) groups excluding carboxylic acids is 3. The first-order valence-electron chi connectivity index (χ1n) is 7.64. The lowest BCUT2D eigenvalue weighted by atomic mass is 10.0. The lowest BCUT2D eigenvalue weighted by Crippen LogP contribution is -2.54. The Balaban J connectivity index is 1.79. The minimum atomic E-state index is -0.853. The first-order valence-corrected chi connectivity index (χ1v) is 8.52. The average Bonchev–Trinajstić information content (AvgIpc) is 3.23. The largest absolute Gasteiger partial charge is 0.374 e. The molecule has 0 aromatic carbocycles. The van der Waals surface area contributed by atoms with Crippen LogP contribution in [0.1, 0.15) is 54.4 Å². The van der Waals surface area contributed by atoms with E-state index in [9.17, 15) is 19.5 Å². The molecule has 2 fully saturated rings. The summed E-state index contributed by atoms with van der Waals surface area (Å²) in [5.41, 5.74) is 1.40. The number of aliphatic hydroxyl groups is 1. The molecule has 0 spiro atoms. The van der Waals surface area contributed by atoms with Crippen LogP contribution in [-0.2, 0) is 9.59 Å². The fraction of sp³-hybridized carbons (Fsp3) is 0.533. The topological polar surface area (TPSA) is 108 Å². The Labute approximate surface area is 137 Å². The Morgan fingerprint density at radius 3 is 2.65 bits per heavy atom. The molecule has 4 N–H and O–H groups in total. The highest BCUT2D eigenvalue weighted by Crippen LogP contribution is 2.45. The average molecular weight is 337 g/mol. The molecule has 2 aliphatic rings. The number of aliphatic hydroxyl groups excluding tert-OH is 1. The Kier molecular flexibility index (Phi) is 4.36. The monoisotopic (exact) mass is 337 g/mol. The molecule has 1 saturated heterocycles. The fourth-order valence-corrected chi connectivity index (χ4v) is 3.80. The molecular weight excluding hydrogens is 318 g/mol. The van der Waals surface area contributed by atoms with Crippen LogP contribution in [0, 0.1) is 0 Å². The summed E-state index contributed by atoms with van der Waals surface area (Å²) in [4.78, 5) is 35.8. The molecule has 1 aromatic rings. The van der Waals surface area contributed by atoms with Crippen molar-refractivity contribution in [2.75, 3.05) is 5.32 Å². The van der Waals surface area contributed by atoms with E-state index >= 15 is 0 Å². The minimum Gasteiger partial charge on any atom is -0.374 e. The van der Waals surface area contributed by atoms with Crippen LogP contribution in [0.15, 0.2) is 5.38 Å². The number of thiophene rings is 1. The van der Waals surface area contributed by atoms with Crippen molar-refractivity contribution >= 4 is 34.1 Å². The summed E-state index contributed by atoms with van der Waals surface area (Å²) in [7, 11) is 0. The van der Waals surface area contributed by atoms with Crippen molar-refractivity contribution in [1.82, 2.24) is 10.6 Å². The minimum absolute atomic E-state index is 0.234. The molecule has 1 saturated carbocycles. The van der Waals surface area contributed by atoms with E-state index in [2.05, 4.69) is 16.0 Å². The SMILES string of the molecule is CC(=O)Nc1scc(C2CC2)c1C(=O)NC1CCC(O)NC1=O. The maximum atomic E-state index is 12.7. The second-order valence-corrected chi connectivity index (χ2v) is 6.86. The number of hydrogen-bond acceptors (Lipinski definition) is 5. The third-order valence-corrected chi connectivity index (χ3v) is 4.93. The van der Waals surface area contributed by atoms with E-state index in [-0.39, 0.29) is 17.7 Å². The van der Waals surface area contributed by atoms with Crippen LogP contribution in [0.2, 0.25) is 0 Å². The maximum absolute atomic E-state index is 12.7. The van der Waals surface area contributed by atoms with Gasteiger partial charge in [-0.25, -0.2) is 0 Å². The maximum Gasteiger partial charge on any atom is 0.255 e. The zero-order chi connectivity index (χ0) is 16.6. The van der Waals surface area contributed by atoms with Crippen molar-refractivity contribution in [3.05, 3.63) is 16.5 Å². The third-order valence-electron chi connectivity index (χ3n) is 4.01. The van der Waals surface area contributed by atoms with Gasteiger partial charge in [-0.2, -0.15) is 0 Å². The fourth-order valence-electron chi connectivity index (χ4n) is 2.71. The zero-order valence-corrected chi connectivity index (χ0v) is 13.5. The standard InChI is InChI=1S/C15H19N3O4S/c1-7(19)16-15-12(9(6-23-15)8-2-3-8)14(22)17-10-4-5-11(20)18-13(10)21/h6,8,10-11,20H,2-5H2,1H3,(H,16,19)(H,17,22)(H,18,21). The van der Waals surface area contributed by atoms with Crippen LogP contribution >= 0.6 is 11.3 Å². The molecule has 1 aliphatic heterocycles. The smallest absolute Gasteiger partial charge is 0.255 e. The summed E-state index contributed by atoms with van der Waals surface area (Å²) in [5.74, 6) is -0.617. The quantitative estimate of drug-likeness (QED) is 0.655. The highest BCUT2D eigenvalue weighted by molar-refractivity contribution is 7.15. The molecule has 1 aliphatic carbocycles. The van der Waals surface area contributed by atoms with Gasteiger partial charge in [0.05, 0.1) is 5.56 Å². The van der Waals surface area contributed by atoms with Crippen molar-refractivity contribution in [1.29, 1.82) is 0 Å². The Hall–Kier alpha value is -1.93. The van der Waals surface area contributed by atoms with Gasteiger partial charge in [-0.15, -0.1) is 11.3 Å². The molecule has 1 aromatic heterocycles. The summed E-state index contributed by atoms with van der Waals surface area (Å²) in [6, 6.07) is -0.664. The lowest BCUT2D eigenvalue weighted by molar-refractivity contribution is -0.128. The summed E-state index contributed by atoms with van der Waals surface area (Å²) in [6.07, 6.45) is 2.00. The molecule has 3 rings (SSSR count). The van der Waals surface area contributed by atoms with Crippen molar-refractivity contribution in [2.45, 2.75) is 50.8 Å². The summed E-state index contributed by atoms with van der Waals surface area (Å²) in [5, 5.41) is 19.6. The molecule has 2 heterocycles. The van der Waals surface area contributed by atoms with Crippen LogP contribution in [0.3, 0.4) is 0 Å². The number of piperidine rings is 1. The molecule has 2 unspecified atom stereocenters. The van der Waals surface area contributed by atoms with Gasteiger partial charge >= 0.3 is 0 Å². The van der Waals surface area contributed by atoms with E-state index in [4.69, 9.17) is 0 Å². The van der Waals surface area contributed by atoms with Gasteiger partial charge in [0, 0.05) is 6.92 Å². The number of hydrogen-bond donors (Lipinski definition) is 4. The predicted molar refractivity (Wildman–Crippen MR) is 85.2 cm³/mol. The van der Waals surface area contributed by atoms with Gasteiger partial charge in [0.1, 0.15) is 17.3 Å². The van der Waals surface area contributed by atoms with Crippen LogP contribution in [0.5, 0.6) is 0 Å². The van der Waals surface area contributed by atoms with Crippen molar-refractivity contribution < 1.29 is 19.5 Å². The van der Waals surface area contributed by atoms with Crippen LogP contribution in [-0.4, -0.2) is 35.1 Å². The molecule has 0 bridgehead atoms. The molecule has 124 valence electrons. The van der Waals surface area contributed by atoms with Crippen LogP contribution < -0.4 is 16.0 Å². The highest BCUT2D eigenvalue weighted by Gasteiger charge is 2.34. The van der Waals surface area contributed by atoms with Gasteiger partial charge in [0.25, 0.3) is 5.91 Å². The van der Waals surface area contributed by atoms with E-state index in [1.54, 1.807) is 0 Å². The molecule has 23 heavy (non-hydrogen) atoms. The van der Waals surface area contributed by atoms with Gasteiger partial charge in [0.2, 0.25) is 11.8 Å². The summed E-state index contributed by atoms with van der Waals surface area (Å²) >= 11 is 1.33.